The Labute approximate surface area is 81.4 Å². The van der Waals surface area contributed by atoms with Gasteiger partial charge in [-0.2, -0.15) is 0 Å². The normalized spacial score (nSPS) is 10.7. The number of unbranched alkanes of at least 4 members (excludes halogenated alkanes) is 1. The van der Waals surface area contributed by atoms with Crippen LogP contribution in [0.2, 0.25) is 0 Å². The van der Waals surface area contributed by atoms with Crippen LogP contribution in [0.1, 0.15) is 18.4 Å². The van der Waals surface area contributed by atoms with Gasteiger partial charge in [-0.05, 0) is 25.6 Å². The van der Waals surface area contributed by atoms with Crippen LogP contribution in [0.5, 0.6) is 0 Å². The van der Waals surface area contributed by atoms with Gasteiger partial charge in [0.2, 0.25) is 0 Å². The molecule has 1 aromatic rings. The van der Waals surface area contributed by atoms with Crippen molar-refractivity contribution in [1.29, 1.82) is 0 Å². The predicted octanol–water partition coefficient (Wildman–Crippen LogP) is 2.73. The van der Waals surface area contributed by atoms with Crippen molar-refractivity contribution in [3.05, 3.63) is 42.8 Å². The summed E-state index contributed by atoms with van der Waals surface area (Å²) in [6.07, 6.45) is 2.21. The Balaban J connectivity index is 2.32. The SMILES string of the molecule is [CH2]CCCN(C)Cc1ccccc1. The summed E-state index contributed by atoms with van der Waals surface area (Å²) < 4.78 is 0. The molecule has 0 unspecified atom stereocenters. The summed E-state index contributed by atoms with van der Waals surface area (Å²) in [5.41, 5.74) is 1.38. The minimum Gasteiger partial charge on any atom is -0.302 e. The molecule has 0 aliphatic carbocycles. The summed E-state index contributed by atoms with van der Waals surface area (Å²) in [6, 6.07) is 10.6. The zero-order chi connectivity index (χ0) is 9.52. The number of hydrogen-bond acceptors (Lipinski definition) is 1. The van der Waals surface area contributed by atoms with E-state index in [1.807, 2.05) is 0 Å². The molecule has 13 heavy (non-hydrogen) atoms. The minimum atomic E-state index is 1.03. The Bertz CT molecular complexity index is 218. The highest BCUT2D eigenvalue weighted by molar-refractivity contribution is 5.14. The molecule has 1 nitrogen and oxygen atoms in total. The average Bonchev–Trinajstić information content (AvgIpc) is 2.16. The van der Waals surface area contributed by atoms with Crippen molar-refractivity contribution >= 4 is 0 Å². The van der Waals surface area contributed by atoms with E-state index in [0.29, 0.717) is 0 Å². The first kappa shape index (κ1) is 10.3. The molecule has 0 aliphatic heterocycles. The van der Waals surface area contributed by atoms with E-state index in [1.54, 1.807) is 0 Å². The highest BCUT2D eigenvalue weighted by Gasteiger charge is 1.97. The molecular weight excluding hydrogens is 158 g/mol. The maximum absolute atomic E-state index is 3.84. The fourth-order valence-corrected chi connectivity index (χ4v) is 1.36. The van der Waals surface area contributed by atoms with Crippen LogP contribution in [0.15, 0.2) is 30.3 Å². The van der Waals surface area contributed by atoms with Gasteiger partial charge in [-0.25, -0.2) is 0 Å². The summed E-state index contributed by atoms with van der Waals surface area (Å²) in [5, 5.41) is 0. The first-order valence-electron chi connectivity index (χ1n) is 4.84. The summed E-state index contributed by atoms with van der Waals surface area (Å²) in [5.74, 6) is 0. The highest BCUT2D eigenvalue weighted by Crippen LogP contribution is 2.03. The van der Waals surface area contributed by atoms with Gasteiger partial charge >= 0.3 is 0 Å². The molecule has 1 radical (unpaired) electrons. The van der Waals surface area contributed by atoms with E-state index in [2.05, 4.69) is 49.2 Å². The number of hydrogen-bond donors (Lipinski definition) is 0. The fraction of sp³-hybridized carbons (Fsp3) is 0.417. The maximum Gasteiger partial charge on any atom is 0.0230 e. The summed E-state index contributed by atoms with van der Waals surface area (Å²) in [4.78, 5) is 2.33. The topological polar surface area (TPSA) is 3.24 Å². The van der Waals surface area contributed by atoms with Crippen molar-refractivity contribution in [3.63, 3.8) is 0 Å². The third kappa shape index (κ3) is 4.09. The molecule has 0 amide bonds. The Kier molecular flexibility index (Phi) is 4.55. The van der Waals surface area contributed by atoms with Crippen LogP contribution in [0, 0.1) is 6.92 Å². The zero-order valence-electron chi connectivity index (χ0n) is 8.37. The van der Waals surface area contributed by atoms with Crippen molar-refractivity contribution in [1.82, 2.24) is 4.90 Å². The van der Waals surface area contributed by atoms with Crippen LogP contribution in [0.25, 0.3) is 0 Å². The van der Waals surface area contributed by atoms with Crippen molar-refractivity contribution in [2.24, 2.45) is 0 Å². The predicted molar refractivity (Wildman–Crippen MR) is 57.4 cm³/mol. The zero-order valence-corrected chi connectivity index (χ0v) is 8.37. The number of nitrogens with zero attached hydrogens (tertiary/aromatic N) is 1. The summed E-state index contributed by atoms with van der Waals surface area (Å²) in [7, 11) is 2.16. The molecule has 0 atom stereocenters. The van der Waals surface area contributed by atoms with Gasteiger partial charge < -0.3 is 4.90 Å². The quantitative estimate of drug-likeness (QED) is 0.666. The maximum atomic E-state index is 3.84. The van der Waals surface area contributed by atoms with E-state index in [0.717, 1.165) is 19.5 Å². The third-order valence-corrected chi connectivity index (χ3v) is 2.09. The van der Waals surface area contributed by atoms with Crippen molar-refractivity contribution in [2.75, 3.05) is 13.6 Å². The smallest absolute Gasteiger partial charge is 0.0230 e. The van der Waals surface area contributed by atoms with Gasteiger partial charge in [0, 0.05) is 6.54 Å². The molecule has 1 rings (SSSR count). The van der Waals surface area contributed by atoms with Gasteiger partial charge in [0.1, 0.15) is 0 Å². The van der Waals surface area contributed by atoms with Crippen LogP contribution in [0.3, 0.4) is 0 Å². The van der Waals surface area contributed by atoms with Crippen molar-refractivity contribution in [2.45, 2.75) is 19.4 Å². The van der Waals surface area contributed by atoms with Gasteiger partial charge in [-0.1, -0.05) is 43.7 Å². The molecule has 0 aromatic heterocycles. The van der Waals surface area contributed by atoms with E-state index >= 15 is 0 Å². The number of benzene rings is 1. The molecule has 1 aromatic carbocycles. The second kappa shape index (κ2) is 5.76. The Morgan fingerprint density at radius 3 is 2.54 bits per heavy atom. The largest absolute Gasteiger partial charge is 0.302 e. The first-order chi connectivity index (χ1) is 6.33. The molecular formula is C12H18N. The van der Waals surface area contributed by atoms with Crippen molar-refractivity contribution in [3.8, 4) is 0 Å². The molecule has 0 fully saturated rings. The summed E-state index contributed by atoms with van der Waals surface area (Å²) in [6.45, 7) is 6.02. The fourth-order valence-electron chi connectivity index (χ4n) is 1.36. The minimum absolute atomic E-state index is 1.03. The van der Waals surface area contributed by atoms with Gasteiger partial charge in [0.25, 0.3) is 0 Å². The molecule has 71 valence electrons. The first-order valence-corrected chi connectivity index (χ1v) is 4.84. The molecule has 0 bridgehead atoms. The van der Waals surface area contributed by atoms with Gasteiger partial charge in [-0.3, -0.25) is 0 Å². The number of rotatable bonds is 5. The Hall–Kier alpha value is -0.820. The van der Waals surface area contributed by atoms with Crippen LogP contribution in [0.4, 0.5) is 0 Å². The van der Waals surface area contributed by atoms with Crippen LogP contribution >= 0.6 is 0 Å². The van der Waals surface area contributed by atoms with E-state index < -0.39 is 0 Å². The molecule has 0 N–H and O–H groups in total. The Morgan fingerprint density at radius 1 is 1.23 bits per heavy atom. The van der Waals surface area contributed by atoms with Gasteiger partial charge in [0.15, 0.2) is 0 Å². The van der Waals surface area contributed by atoms with E-state index in [4.69, 9.17) is 0 Å². The molecule has 0 saturated heterocycles. The monoisotopic (exact) mass is 176 g/mol. The second-order valence-corrected chi connectivity index (χ2v) is 3.43. The standard InChI is InChI=1S/C12H18N/c1-3-4-10-13(2)11-12-8-6-5-7-9-12/h5-9H,1,3-4,10-11H2,2H3. The lowest BCUT2D eigenvalue weighted by molar-refractivity contribution is 0.323. The van der Waals surface area contributed by atoms with Crippen LogP contribution < -0.4 is 0 Å². The van der Waals surface area contributed by atoms with E-state index in [9.17, 15) is 0 Å². The highest BCUT2D eigenvalue weighted by atomic mass is 15.1. The van der Waals surface area contributed by atoms with Crippen LogP contribution in [-0.2, 0) is 6.54 Å². The molecule has 1 heteroatoms. The van der Waals surface area contributed by atoms with E-state index in [1.165, 1.54) is 12.0 Å². The lowest BCUT2D eigenvalue weighted by Gasteiger charge is -2.15. The van der Waals surface area contributed by atoms with Gasteiger partial charge in [0.05, 0.1) is 0 Å². The van der Waals surface area contributed by atoms with Gasteiger partial charge in [-0.15, -0.1) is 0 Å². The Morgan fingerprint density at radius 2 is 1.92 bits per heavy atom. The molecule has 0 aliphatic rings. The van der Waals surface area contributed by atoms with E-state index in [-0.39, 0.29) is 0 Å². The molecule has 0 saturated carbocycles. The second-order valence-electron chi connectivity index (χ2n) is 3.43. The molecule has 0 heterocycles. The average molecular weight is 176 g/mol. The van der Waals surface area contributed by atoms with Crippen molar-refractivity contribution < 1.29 is 0 Å². The summed E-state index contributed by atoms with van der Waals surface area (Å²) >= 11 is 0. The lowest BCUT2D eigenvalue weighted by Crippen LogP contribution is -2.18. The van der Waals surface area contributed by atoms with Crippen LogP contribution in [-0.4, -0.2) is 18.5 Å². The lowest BCUT2D eigenvalue weighted by atomic mass is 10.2. The molecule has 0 spiro atoms. The third-order valence-electron chi connectivity index (χ3n) is 2.09.